The number of amides is 1. The van der Waals surface area contributed by atoms with Gasteiger partial charge in [-0.3, -0.25) is 4.79 Å². The number of hydrogen-bond donors (Lipinski definition) is 2. The Hall–Kier alpha value is -2.08. The largest absolute Gasteiger partial charge is 0.484 e. The summed E-state index contributed by atoms with van der Waals surface area (Å²) in [5.74, 6) is -1.13. The summed E-state index contributed by atoms with van der Waals surface area (Å²) in [6, 6.07) is 7.21. The van der Waals surface area contributed by atoms with Gasteiger partial charge in [-0.2, -0.15) is 0 Å². The monoisotopic (exact) mass is 281 g/mol. The van der Waals surface area contributed by atoms with Gasteiger partial charge >= 0.3 is 5.97 Å². The molecule has 1 rings (SSSR count). The molecule has 0 aliphatic rings. The molecule has 6 nitrogen and oxygen atoms in total. The van der Waals surface area contributed by atoms with Crippen molar-refractivity contribution >= 4 is 11.9 Å². The highest BCUT2D eigenvalue weighted by Gasteiger charge is 2.35. The van der Waals surface area contributed by atoms with Gasteiger partial charge in [0.1, 0.15) is 5.75 Å². The number of carbonyl (C=O) groups is 2. The molecule has 0 aliphatic carbocycles. The van der Waals surface area contributed by atoms with Crippen LogP contribution in [0, 0.1) is 6.92 Å². The summed E-state index contributed by atoms with van der Waals surface area (Å²) >= 11 is 0. The Morgan fingerprint density at radius 3 is 2.40 bits per heavy atom. The number of carboxylic acids is 1. The number of aryl methyl sites for hydroxylation is 1. The Bertz CT molecular complexity index is 471. The molecule has 0 spiro atoms. The van der Waals surface area contributed by atoms with Crippen LogP contribution in [0.15, 0.2) is 24.3 Å². The van der Waals surface area contributed by atoms with E-state index in [9.17, 15) is 9.59 Å². The van der Waals surface area contributed by atoms with E-state index < -0.39 is 17.4 Å². The Balaban J connectivity index is 2.54. The maximum Gasteiger partial charge on any atom is 0.331 e. The van der Waals surface area contributed by atoms with Gasteiger partial charge in [-0.1, -0.05) is 17.7 Å². The first kappa shape index (κ1) is 16.0. The number of methoxy groups -OCH3 is 1. The summed E-state index contributed by atoms with van der Waals surface area (Å²) in [5, 5.41) is 11.5. The van der Waals surface area contributed by atoms with Crippen LogP contribution in [-0.4, -0.2) is 42.8 Å². The quantitative estimate of drug-likeness (QED) is 0.778. The molecule has 0 saturated heterocycles. The molecule has 20 heavy (non-hydrogen) atoms. The fraction of sp³-hybridized carbons (Fsp3) is 0.429. The molecular formula is C14H19NO5. The molecule has 0 bridgehead atoms. The van der Waals surface area contributed by atoms with Gasteiger partial charge in [-0.15, -0.1) is 0 Å². The maximum atomic E-state index is 11.7. The van der Waals surface area contributed by atoms with Crippen molar-refractivity contribution in [2.75, 3.05) is 20.3 Å². The van der Waals surface area contributed by atoms with E-state index in [1.54, 1.807) is 12.1 Å². The third kappa shape index (κ3) is 4.55. The standard InChI is InChI=1S/C14H19NO5/c1-10-4-6-11(7-5-10)20-8-12(16)15-14(2,9-19-3)13(17)18/h4-7H,8-9H2,1-3H3,(H,15,16)(H,17,18). The lowest BCUT2D eigenvalue weighted by molar-refractivity contribution is -0.149. The van der Waals surface area contributed by atoms with Gasteiger partial charge in [0.25, 0.3) is 5.91 Å². The maximum absolute atomic E-state index is 11.7. The zero-order chi connectivity index (χ0) is 15.2. The SMILES string of the molecule is COCC(C)(NC(=O)COc1ccc(C)cc1)C(=O)O. The van der Waals surface area contributed by atoms with Crippen LogP contribution >= 0.6 is 0 Å². The van der Waals surface area contributed by atoms with Crippen molar-refractivity contribution in [3.63, 3.8) is 0 Å². The second kappa shape index (κ2) is 6.91. The zero-order valence-corrected chi connectivity index (χ0v) is 11.8. The number of benzene rings is 1. The lowest BCUT2D eigenvalue weighted by Gasteiger charge is -2.25. The Morgan fingerprint density at radius 2 is 1.90 bits per heavy atom. The van der Waals surface area contributed by atoms with Crippen molar-refractivity contribution in [2.45, 2.75) is 19.4 Å². The summed E-state index contributed by atoms with van der Waals surface area (Å²) in [6.07, 6.45) is 0. The Labute approximate surface area is 117 Å². The van der Waals surface area contributed by atoms with Crippen LogP contribution in [0.1, 0.15) is 12.5 Å². The van der Waals surface area contributed by atoms with E-state index in [2.05, 4.69) is 5.32 Å². The Kier molecular flexibility index (Phi) is 5.52. The molecule has 0 heterocycles. The van der Waals surface area contributed by atoms with E-state index in [0.29, 0.717) is 5.75 Å². The van der Waals surface area contributed by atoms with Crippen LogP contribution in [0.2, 0.25) is 0 Å². The average molecular weight is 281 g/mol. The highest BCUT2D eigenvalue weighted by molar-refractivity contribution is 5.87. The van der Waals surface area contributed by atoms with Crippen LogP contribution in [0.3, 0.4) is 0 Å². The summed E-state index contributed by atoms with van der Waals surface area (Å²) in [4.78, 5) is 22.8. The predicted octanol–water partition coefficient (Wildman–Crippen LogP) is 0.980. The smallest absolute Gasteiger partial charge is 0.331 e. The van der Waals surface area contributed by atoms with Crippen LogP contribution in [0.4, 0.5) is 0 Å². The predicted molar refractivity (Wildman–Crippen MR) is 72.7 cm³/mol. The number of nitrogens with one attached hydrogen (secondary N) is 1. The number of hydrogen-bond acceptors (Lipinski definition) is 4. The van der Waals surface area contributed by atoms with Gasteiger partial charge < -0.3 is 19.9 Å². The topological polar surface area (TPSA) is 84.9 Å². The average Bonchev–Trinajstić information content (AvgIpc) is 2.38. The van der Waals surface area contributed by atoms with E-state index >= 15 is 0 Å². The first-order chi connectivity index (χ1) is 9.37. The van der Waals surface area contributed by atoms with E-state index in [1.807, 2.05) is 19.1 Å². The molecule has 1 aromatic rings. The number of aliphatic carboxylic acids is 1. The van der Waals surface area contributed by atoms with Crippen molar-refractivity contribution in [2.24, 2.45) is 0 Å². The van der Waals surface area contributed by atoms with E-state index in [0.717, 1.165) is 5.56 Å². The number of carboxylic acid groups (broad SMARTS) is 1. The fourth-order valence-electron chi connectivity index (χ4n) is 1.57. The molecule has 0 fully saturated rings. The van der Waals surface area contributed by atoms with E-state index in [1.165, 1.54) is 14.0 Å². The molecule has 6 heteroatoms. The molecule has 0 aromatic heterocycles. The molecule has 1 amide bonds. The summed E-state index contributed by atoms with van der Waals surface area (Å²) in [5.41, 5.74) is -0.386. The van der Waals surface area contributed by atoms with Crippen molar-refractivity contribution in [1.29, 1.82) is 0 Å². The lowest BCUT2D eigenvalue weighted by Crippen LogP contribution is -2.56. The highest BCUT2D eigenvalue weighted by Crippen LogP contribution is 2.11. The van der Waals surface area contributed by atoms with E-state index in [-0.39, 0.29) is 13.2 Å². The molecule has 1 unspecified atom stereocenters. The Morgan fingerprint density at radius 1 is 1.30 bits per heavy atom. The first-order valence-electron chi connectivity index (χ1n) is 6.10. The van der Waals surface area contributed by atoms with Gasteiger partial charge in [0, 0.05) is 7.11 Å². The summed E-state index contributed by atoms with van der Waals surface area (Å²) in [7, 11) is 1.37. The van der Waals surface area contributed by atoms with Gasteiger partial charge in [-0.05, 0) is 26.0 Å². The second-order valence-corrected chi connectivity index (χ2v) is 4.72. The fourth-order valence-corrected chi connectivity index (χ4v) is 1.57. The van der Waals surface area contributed by atoms with Crippen molar-refractivity contribution in [3.8, 4) is 5.75 Å². The van der Waals surface area contributed by atoms with Gasteiger partial charge in [0.05, 0.1) is 6.61 Å². The van der Waals surface area contributed by atoms with Crippen molar-refractivity contribution < 1.29 is 24.2 Å². The summed E-state index contributed by atoms with van der Waals surface area (Å²) in [6.45, 7) is 2.94. The highest BCUT2D eigenvalue weighted by atomic mass is 16.5. The minimum Gasteiger partial charge on any atom is -0.484 e. The van der Waals surface area contributed by atoms with E-state index in [4.69, 9.17) is 14.6 Å². The van der Waals surface area contributed by atoms with Crippen LogP contribution in [0.25, 0.3) is 0 Å². The number of rotatable bonds is 7. The van der Waals surface area contributed by atoms with Crippen LogP contribution < -0.4 is 10.1 Å². The minimum absolute atomic E-state index is 0.126. The number of carbonyl (C=O) groups excluding carboxylic acids is 1. The molecule has 0 radical (unpaired) electrons. The van der Waals surface area contributed by atoms with Crippen LogP contribution in [0.5, 0.6) is 5.75 Å². The minimum atomic E-state index is -1.47. The zero-order valence-electron chi connectivity index (χ0n) is 11.8. The molecule has 1 aromatic carbocycles. The molecule has 2 N–H and O–H groups in total. The molecule has 1 atom stereocenters. The van der Waals surface area contributed by atoms with Gasteiger partial charge in [-0.25, -0.2) is 4.79 Å². The molecule has 0 saturated carbocycles. The summed E-state index contributed by atoms with van der Waals surface area (Å²) < 4.78 is 10.1. The molecule has 110 valence electrons. The van der Waals surface area contributed by atoms with Crippen LogP contribution in [-0.2, 0) is 14.3 Å². The second-order valence-electron chi connectivity index (χ2n) is 4.72. The first-order valence-corrected chi connectivity index (χ1v) is 6.10. The number of ether oxygens (including phenoxy) is 2. The molecule has 0 aliphatic heterocycles. The van der Waals surface area contributed by atoms with Gasteiger partial charge in [0.15, 0.2) is 12.1 Å². The van der Waals surface area contributed by atoms with Gasteiger partial charge in [0.2, 0.25) is 0 Å². The normalized spacial score (nSPS) is 13.3. The van der Waals surface area contributed by atoms with Crippen molar-refractivity contribution in [3.05, 3.63) is 29.8 Å². The van der Waals surface area contributed by atoms with Crippen molar-refractivity contribution in [1.82, 2.24) is 5.32 Å². The third-order valence-electron chi connectivity index (χ3n) is 2.71. The lowest BCUT2D eigenvalue weighted by atomic mass is 10.0. The third-order valence-corrected chi connectivity index (χ3v) is 2.71. The molecular weight excluding hydrogens is 262 g/mol.